The number of nitrogens with one attached hydrogen (secondary N) is 1. The van der Waals surface area contributed by atoms with Crippen LogP contribution in [0.1, 0.15) is 48.5 Å². The summed E-state index contributed by atoms with van der Waals surface area (Å²) < 4.78 is 5.63. The summed E-state index contributed by atoms with van der Waals surface area (Å²) in [6.07, 6.45) is 2.79. The highest BCUT2D eigenvalue weighted by Crippen LogP contribution is 2.28. The van der Waals surface area contributed by atoms with E-state index in [1.807, 2.05) is 43.3 Å². The van der Waals surface area contributed by atoms with Crippen molar-refractivity contribution < 1.29 is 19.1 Å². The van der Waals surface area contributed by atoms with Crippen LogP contribution in [0.2, 0.25) is 0 Å². The molecule has 0 aromatic heterocycles. The maximum absolute atomic E-state index is 13.5. The fraction of sp³-hybridized carbons (Fsp3) is 0.423. The van der Waals surface area contributed by atoms with Gasteiger partial charge in [0.15, 0.2) is 0 Å². The van der Waals surface area contributed by atoms with E-state index in [1.165, 1.54) is 0 Å². The molecule has 2 fully saturated rings. The predicted molar refractivity (Wildman–Crippen MR) is 125 cm³/mol. The third-order valence-electron chi connectivity index (χ3n) is 6.36. The molecule has 0 radical (unpaired) electrons. The Morgan fingerprint density at radius 3 is 2.33 bits per heavy atom. The van der Waals surface area contributed by atoms with Crippen molar-refractivity contribution >= 4 is 17.7 Å². The first-order valence-electron chi connectivity index (χ1n) is 11.7. The van der Waals surface area contributed by atoms with Crippen LogP contribution in [0.5, 0.6) is 5.75 Å². The SMILES string of the molecule is CCOc1ccccc1C(=O)N1CCC[C@@H]1C(=O)N1CCC[C@@H]1C(=O)NCc1ccccc1. The van der Waals surface area contributed by atoms with Gasteiger partial charge in [0.05, 0.1) is 12.2 Å². The lowest BCUT2D eigenvalue weighted by Crippen LogP contribution is -2.52. The number of carbonyl (C=O) groups excluding carboxylic acids is 3. The Hall–Kier alpha value is -3.35. The molecule has 0 bridgehead atoms. The Kier molecular flexibility index (Phi) is 7.27. The smallest absolute Gasteiger partial charge is 0.258 e. The lowest BCUT2D eigenvalue weighted by Gasteiger charge is -2.31. The molecular weight excluding hydrogens is 418 g/mol. The van der Waals surface area contributed by atoms with Crippen molar-refractivity contribution in [1.29, 1.82) is 0 Å². The molecule has 1 N–H and O–H groups in total. The third-order valence-corrected chi connectivity index (χ3v) is 6.36. The highest BCUT2D eigenvalue weighted by molar-refractivity contribution is 6.00. The maximum Gasteiger partial charge on any atom is 0.258 e. The van der Waals surface area contributed by atoms with Crippen molar-refractivity contribution in [2.24, 2.45) is 0 Å². The van der Waals surface area contributed by atoms with Crippen LogP contribution >= 0.6 is 0 Å². The van der Waals surface area contributed by atoms with Crippen LogP contribution in [-0.4, -0.2) is 59.3 Å². The summed E-state index contributed by atoms with van der Waals surface area (Å²) in [5.41, 5.74) is 1.49. The molecule has 0 saturated carbocycles. The van der Waals surface area contributed by atoms with Crippen LogP contribution in [0.15, 0.2) is 54.6 Å². The number of rotatable bonds is 7. The number of amides is 3. The lowest BCUT2D eigenvalue weighted by atomic mass is 10.1. The number of carbonyl (C=O) groups is 3. The zero-order valence-electron chi connectivity index (χ0n) is 19.0. The fourth-order valence-electron chi connectivity index (χ4n) is 4.74. The number of para-hydroxylation sites is 1. The van der Waals surface area contributed by atoms with Crippen LogP contribution in [0, 0.1) is 0 Å². The highest BCUT2D eigenvalue weighted by atomic mass is 16.5. The van der Waals surface area contributed by atoms with Gasteiger partial charge in [-0.3, -0.25) is 14.4 Å². The monoisotopic (exact) mass is 449 g/mol. The molecule has 2 atom stereocenters. The minimum Gasteiger partial charge on any atom is -0.493 e. The average molecular weight is 450 g/mol. The quantitative estimate of drug-likeness (QED) is 0.705. The number of nitrogens with zero attached hydrogens (tertiary/aromatic N) is 2. The van der Waals surface area contributed by atoms with Gasteiger partial charge in [0.2, 0.25) is 11.8 Å². The van der Waals surface area contributed by atoms with Gasteiger partial charge in [-0.15, -0.1) is 0 Å². The van der Waals surface area contributed by atoms with E-state index in [1.54, 1.807) is 28.0 Å². The van der Waals surface area contributed by atoms with Crippen LogP contribution in [-0.2, 0) is 16.1 Å². The van der Waals surface area contributed by atoms with E-state index >= 15 is 0 Å². The third kappa shape index (κ3) is 5.02. The second-order valence-electron chi connectivity index (χ2n) is 8.48. The molecule has 33 heavy (non-hydrogen) atoms. The second-order valence-corrected chi connectivity index (χ2v) is 8.48. The van der Waals surface area contributed by atoms with Gasteiger partial charge in [-0.25, -0.2) is 0 Å². The number of ether oxygens (including phenoxy) is 1. The van der Waals surface area contributed by atoms with Crippen LogP contribution in [0.3, 0.4) is 0 Å². The van der Waals surface area contributed by atoms with Crippen molar-refractivity contribution in [3.05, 3.63) is 65.7 Å². The molecule has 2 saturated heterocycles. The van der Waals surface area contributed by atoms with E-state index in [-0.39, 0.29) is 17.7 Å². The maximum atomic E-state index is 13.5. The van der Waals surface area contributed by atoms with E-state index in [4.69, 9.17) is 4.74 Å². The Labute approximate surface area is 194 Å². The lowest BCUT2D eigenvalue weighted by molar-refractivity contribution is -0.141. The van der Waals surface area contributed by atoms with Crippen LogP contribution in [0.4, 0.5) is 0 Å². The molecule has 7 nitrogen and oxygen atoms in total. The molecule has 2 heterocycles. The van der Waals surface area contributed by atoms with E-state index in [0.717, 1.165) is 18.4 Å². The topological polar surface area (TPSA) is 79.0 Å². The molecule has 174 valence electrons. The molecule has 2 aliphatic rings. The van der Waals surface area contributed by atoms with Gasteiger partial charge in [-0.05, 0) is 50.3 Å². The molecular formula is C26H31N3O4. The normalized spacial score (nSPS) is 20.0. The largest absolute Gasteiger partial charge is 0.493 e. The van der Waals surface area contributed by atoms with Gasteiger partial charge >= 0.3 is 0 Å². The summed E-state index contributed by atoms with van der Waals surface area (Å²) in [4.78, 5) is 43.1. The Balaban J connectivity index is 1.45. The van der Waals surface area contributed by atoms with Crippen molar-refractivity contribution in [3.8, 4) is 5.75 Å². The summed E-state index contributed by atoms with van der Waals surface area (Å²) in [6, 6.07) is 15.8. The molecule has 7 heteroatoms. The van der Waals surface area contributed by atoms with E-state index in [2.05, 4.69) is 5.32 Å². The Morgan fingerprint density at radius 2 is 1.58 bits per heavy atom. The van der Waals surface area contributed by atoms with Crippen molar-refractivity contribution in [1.82, 2.24) is 15.1 Å². The number of likely N-dealkylation sites (tertiary alicyclic amines) is 2. The summed E-state index contributed by atoms with van der Waals surface area (Å²) in [5, 5.41) is 2.97. The second kappa shape index (κ2) is 10.5. The van der Waals surface area contributed by atoms with E-state index in [9.17, 15) is 14.4 Å². The number of hydrogen-bond acceptors (Lipinski definition) is 4. The standard InChI is InChI=1S/C26H31N3O4/c1-2-33-23-15-7-6-12-20(23)25(31)29-17-9-14-22(29)26(32)28-16-8-13-21(28)24(30)27-18-19-10-4-3-5-11-19/h3-7,10-12,15,21-22H,2,8-9,13-14,16-18H2,1H3,(H,27,30)/t21-,22-/m1/s1. The van der Waals surface area contributed by atoms with E-state index < -0.39 is 12.1 Å². The molecule has 0 aliphatic carbocycles. The Bertz CT molecular complexity index is 994. The highest BCUT2D eigenvalue weighted by Gasteiger charge is 2.42. The molecule has 0 spiro atoms. The molecule has 3 amide bonds. The summed E-state index contributed by atoms with van der Waals surface area (Å²) in [7, 11) is 0. The van der Waals surface area contributed by atoms with Gasteiger partial charge in [0, 0.05) is 19.6 Å². The summed E-state index contributed by atoms with van der Waals surface area (Å²) in [5.74, 6) is 0.0657. The van der Waals surface area contributed by atoms with Crippen LogP contribution in [0.25, 0.3) is 0 Å². The average Bonchev–Trinajstić information content (AvgIpc) is 3.53. The summed E-state index contributed by atoms with van der Waals surface area (Å²) in [6.45, 7) is 3.82. The van der Waals surface area contributed by atoms with Gasteiger partial charge in [-0.1, -0.05) is 42.5 Å². The predicted octanol–water partition coefficient (Wildman–Crippen LogP) is 3.00. The van der Waals surface area contributed by atoms with Crippen LogP contribution < -0.4 is 10.1 Å². The van der Waals surface area contributed by atoms with Gasteiger partial charge in [0.1, 0.15) is 17.8 Å². The first-order chi connectivity index (χ1) is 16.1. The van der Waals surface area contributed by atoms with Crippen molar-refractivity contribution in [3.63, 3.8) is 0 Å². The summed E-state index contributed by atoms with van der Waals surface area (Å²) >= 11 is 0. The molecule has 2 aromatic carbocycles. The van der Waals surface area contributed by atoms with Crippen molar-refractivity contribution in [2.45, 2.75) is 51.2 Å². The van der Waals surface area contributed by atoms with Crippen molar-refractivity contribution in [2.75, 3.05) is 19.7 Å². The molecule has 2 aliphatic heterocycles. The minimum absolute atomic E-state index is 0.132. The van der Waals surface area contributed by atoms with Gasteiger partial charge in [0.25, 0.3) is 5.91 Å². The van der Waals surface area contributed by atoms with Gasteiger partial charge < -0.3 is 19.9 Å². The molecule has 2 aromatic rings. The fourth-order valence-corrected chi connectivity index (χ4v) is 4.74. The van der Waals surface area contributed by atoms with E-state index in [0.29, 0.717) is 50.4 Å². The molecule has 0 unspecified atom stereocenters. The number of hydrogen-bond donors (Lipinski definition) is 1. The number of benzene rings is 2. The minimum atomic E-state index is -0.547. The first-order valence-corrected chi connectivity index (χ1v) is 11.7. The zero-order valence-corrected chi connectivity index (χ0v) is 19.0. The van der Waals surface area contributed by atoms with Gasteiger partial charge in [-0.2, -0.15) is 0 Å². The zero-order chi connectivity index (χ0) is 23.2. The molecule has 4 rings (SSSR count). The first kappa shape index (κ1) is 22.8. The Morgan fingerprint density at radius 1 is 0.909 bits per heavy atom.